The summed E-state index contributed by atoms with van der Waals surface area (Å²) in [7, 11) is 0. The molecule has 2 rings (SSSR count). The Morgan fingerprint density at radius 1 is 1.30 bits per heavy atom. The molecule has 4 nitrogen and oxygen atoms in total. The van der Waals surface area contributed by atoms with Crippen LogP contribution in [-0.2, 0) is 16.0 Å². The summed E-state index contributed by atoms with van der Waals surface area (Å²) in [5.74, 6) is 1.07. The highest BCUT2D eigenvalue weighted by Crippen LogP contribution is 2.25. The van der Waals surface area contributed by atoms with Crippen molar-refractivity contribution >= 4 is 5.97 Å². The molecular formula is C16H19NO3. The largest absolute Gasteiger partial charge is 0.465 e. The van der Waals surface area contributed by atoms with E-state index in [1.54, 1.807) is 6.92 Å². The Balaban J connectivity index is 2.10. The van der Waals surface area contributed by atoms with Gasteiger partial charge in [0.1, 0.15) is 17.6 Å². The second kappa shape index (κ2) is 6.39. The first-order chi connectivity index (χ1) is 9.61. The molecule has 20 heavy (non-hydrogen) atoms. The van der Waals surface area contributed by atoms with Gasteiger partial charge in [-0.15, -0.1) is 0 Å². The topological polar surface area (TPSA) is 65.5 Å². The van der Waals surface area contributed by atoms with E-state index in [4.69, 9.17) is 14.9 Å². The molecule has 1 aromatic heterocycles. The minimum atomic E-state index is -0.689. The lowest BCUT2D eigenvalue weighted by Crippen LogP contribution is -2.34. The van der Waals surface area contributed by atoms with E-state index in [2.05, 4.69) is 0 Å². The summed E-state index contributed by atoms with van der Waals surface area (Å²) in [4.78, 5) is 11.5. The predicted molar refractivity (Wildman–Crippen MR) is 77.2 cm³/mol. The molecule has 0 radical (unpaired) electrons. The molecule has 4 heteroatoms. The standard InChI is InChI=1S/C16H19NO3/c1-3-19-16(18)14(17)10-12-8-9-15(20-12)13-7-5-4-6-11(13)2/h4-9,14H,3,10,17H2,1-2H3. The molecule has 0 aliphatic rings. The Morgan fingerprint density at radius 2 is 2.05 bits per heavy atom. The minimum absolute atomic E-state index is 0.332. The van der Waals surface area contributed by atoms with Crippen LogP contribution in [0.5, 0.6) is 0 Å². The number of aryl methyl sites for hydroxylation is 1. The SMILES string of the molecule is CCOC(=O)C(N)Cc1ccc(-c2ccccc2C)o1. The van der Waals surface area contributed by atoms with Gasteiger partial charge in [0.05, 0.1) is 6.61 Å². The van der Waals surface area contributed by atoms with E-state index in [1.165, 1.54) is 0 Å². The maximum atomic E-state index is 11.5. The first kappa shape index (κ1) is 14.3. The quantitative estimate of drug-likeness (QED) is 0.851. The summed E-state index contributed by atoms with van der Waals surface area (Å²) in [5.41, 5.74) is 7.97. The van der Waals surface area contributed by atoms with Crippen molar-refractivity contribution < 1.29 is 13.9 Å². The Hall–Kier alpha value is -2.07. The van der Waals surface area contributed by atoms with Crippen molar-refractivity contribution in [1.29, 1.82) is 0 Å². The number of carbonyl (C=O) groups is 1. The highest BCUT2D eigenvalue weighted by molar-refractivity contribution is 5.75. The normalized spacial score (nSPS) is 12.2. The fraction of sp³-hybridized carbons (Fsp3) is 0.312. The lowest BCUT2D eigenvalue weighted by Gasteiger charge is -2.08. The molecule has 0 saturated carbocycles. The summed E-state index contributed by atoms with van der Waals surface area (Å²) in [5, 5.41) is 0. The third kappa shape index (κ3) is 3.27. The first-order valence-electron chi connectivity index (χ1n) is 6.68. The molecule has 2 aromatic rings. The van der Waals surface area contributed by atoms with Crippen molar-refractivity contribution in [2.24, 2.45) is 5.73 Å². The fourth-order valence-corrected chi connectivity index (χ4v) is 2.03. The average molecular weight is 273 g/mol. The number of rotatable bonds is 5. The van der Waals surface area contributed by atoms with E-state index >= 15 is 0 Å². The van der Waals surface area contributed by atoms with Gasteiger partial charge in [0, 0.05) is 12.0 Å². The van der Waals surface area contributed by atoms with E-state index < -0.39 is 12.0 Å². The number of furan rings is 1. The average Bonchev–Trinajstić information content (AvgIpc) is 2.87. The van der Waals surface area contributed by atoms with Crippen LogP contribution in [0.25, 0.3) is 11.3 Å². The van der Waals surface area contributed by atoms with Crippen LogP contribution in [0.3, 0.4) is 0 Å². The molecule has 0 spiro atoms. The van der Waals surface area contributed by atoms with Crippen LogP contribution < -0.4 is 5.73 Å². The van der Waals surface area contributed by atoms with Gasteiger partial charge < -0.3 is 14.9 Å². The van der Waals surface area contributed by atoms with Gasteiger partial charge in [0.25, 0.3) is 0 Å². The molecule has 1 heterocycles. The van der Waals surface area contributed by atoms with Gasteiger partial charge in [-0.3, -0.25) is 4.79 Å². The van der Waals surface area contributed by atoms with Gasteiger partial charge in [-0.2, -0.15) is 0 Å². The van der Waals surface area contributed by atoms with Gasteiger partial charge >= 0.3 is 5.97 Å². The molecule has 0 fully saturated rings. The molecule has 2 N–H and O–H groups in total. The number of hydrogen-bond donors (Lipinski definition) is 1. The van der Waals surface area contributed by atoms with Crippen LogP contribution in [0.15, 0.2) is 40.8 Å². The van der Waals surface area contributed by atoms with Gasteiger partial charge in [0.2, 0.25) is 0 Å². The lowest BCUT2D eigenvalue weighted by atomic mass is 10.1. The van der Waals surface area contributed by atoms with Gasteiger partial charge in [-0.05, 0) is 31.5 Å². The number of carbonyl (C=O) groups excluding carboxylic acids is 1. The number of hydrogen-bond acceptors (Lipinski definition) is 4. The van der Waals surface area contributed by atoms with E-state index in [0.717, 1.165) is 16.9 Å². The number of esters is 1. The summed E-state index contributed by atoms with van der Waals surface area (Å²) >= 11 is 0. The second-order valence-corrected chi connectivity index (χ2v) is 4.64. The Bertz CT molecular complexity index is 589. The fourth-order valence-electron chi connectivity index (χ4n) is 2.03. The zero-order valence-electron chi connectivity index (χ0n) is 11.8. The van der Waals surface area contributed by atoms with Crippen molar-refractivity contribution in [2.45, 2.75) is 26.3 Å². The van der Waals surface area contributed by atoms with Gasteiger partial charge in [-0.25, -0.2) is 0 Å². The summed E-state index contributed by atoms with van der Waals surface area (Å²) in [6.07, 6.45) is 0.338. The first-order valence-corrected chi connectivity index (χ1v) is 6.68. The van der Waals surface area contributed by atoms with Crippen LogP contribution in [0, 0.1) is 6.92 Å². The highest BCUT2D eigenvalue weighted by Gasteiger charge is 2.17. The van der Waals surface area contributed by atoms with Crippen molar-refractivity contribution in [3.05, 3.63) is 47.7 Å². The number of nitrogens with two attached hydrogens (primary N) is 1. The molecule has 0 saturated heterocycles. The molecule has 0 aliphatic carbocycles. The zero-order valence-corrected chi connectivity index (χ0v) is 11.8. The molecule has 1 unspecified atom stereocenters. The maximum Gasteiger partial charge on any atom is 0.323 e. The second-order valence-electron chi connectivity index (χ2n) is 4.64. The van der Waals surface area contributed by atoms with Crippen LogP contribution in [0.1, 0.15) is 18.2 Å². The highest BCUT2D eigenvalue weighted by atomic mass is 16.5. The summed E-state index contributed by atoms with van der Waals surface area (Å²) in [6, 6.07) is 11.0. The van der Waals surface area contributed by atoms with Crippen molar-refractivity contribution in [3.8, 4) is 11.3 Å². The Labute approximate surface area is 118 Å². The van der Waals surface area contributed by atoms with Crippen molar-refractivity contribution in [1.82, 2.24) is 0 Å². The van der Waals surface area contributed by atoms with E-state index in [0.29, 0.717) is 18.8 Å². The molecular weight excluding hydrogens is 254 g/mol. The van der Waals surface area contributed by atoms with E-state index in [1.807, 2.05) is 43.3 Å². The lowest BCUT2D eigenvalue weighted by molar-refractivity contribution is -0.144. The monoisotopic (exact) mass is 273 g/mol. The van der Waals surface area contributed by atoms with Gasteiger partial charge in [-0.1, -0.05) is 24.3 Å². The number of benzene rings is 1. The van der Waals surface area contributed by atoms with Crippen molar-refractivity contribution in [2.75, 3.05) is 6.61 Å². The van der Waals surface area contributed by atoms with Crippen LogP contribution in [0.4, 0.5) is 0 Å². The number of ether oxygens (including phenoxy) is 1. The Kier molecular flexibility index (Phi) is 4.58. The molecule has 1 atom stereocenters. The minimum Gasteiger partial charge on any atom is -0.465 e. The van der Waals surface area contributed by atoms with E-state index in [9.17, 15) is 4.79 Å². The summed E-state index contributed by atoms with van der Waals surface area (Å²) < 4.78 is 10.6. The van der Waals surface area contributed by atoms with Gasteiger partial charge in [0.15, 0.2) is 0 Å². The third-order valence-electron chi connectivity index (χ3n) is 3.08. The van der Waals surface area contributed by atoms with Crippen molar-refractivity contribution in [3.63, 3.8) is 0 Å². The van der Waals surface area contributed by atoms with Crippen LogP contribution >= 0.6 is 0 Å². The molecule has 106 valence electrons. The molecule has 0 aliphatic heterocycles. The van der Waals surface area contributed by atoms with Crippen LogP contribution in [-0.4, -0.2) is 18.6 Å². The summed E-state index contributed by atoms with van der Waals surface area (Å²) in [6.45, 7) is 4.12. The predicted octanol–water partition coefficient (Wildman–Crippen LogP) is 2.69. The third-order valence-corrected chi connectivity index (χ3v) is 3.08. The van der Waals surface area contributed by atoms with E-state index in [-0.39, 0.29) is 0 Å². The smallest absolute Gasteiger partial charge is 0.323 e. The van der Waals surface area contributed by atoms with Crippen LogP contribution in [0.2, 0.25) is 0 Å². The Morgan fingerprint density at radius 3 is 2.75 bits per heavy atom. The zero-order chi connectivity index (χ0) is 14.5. The molecule has 0 bridgehead atoms. The molecule has 1 aromatic carbocycles. The maximum absolute atomic E-state index is 11.5. The molecule has 0 amide bonds.